The van der Waals surface area contributed by atoms with Crippen molar-refractivity contribution in [1.82, 2.24) is 0 Å². The molecule has 0 aromatic heterocycles. The minimum absolute atomic E-state index is 0.128. The van der Waals surface area contributed by atoms with E-state index in [9.17, 15) is 18.0 Å². The largest absolute Gasteiger partial charge is 0.417 e. The summed E-state index contributed by atoms with van der Waals surface area (Å²) in [7, 11) is 1.52. The van der Waals surface area contributed by atoms with Gasteiger partial charge in [0, 0.05) is 18.4 Å². The maximum Gasteiger partial charge on any atom is 0.417 e. The third-order valence-corrected chi connectivity index (χ3v) is 4.13. The number of amides is 1. The Hall–Kier alpha value is -3.01. The van der Waals surface area contributed by atoms with Crippen LogP contribution in [0, 0.1) is 25.2 Å². The summed E-state index contributed by atoms with van der Waals surface area (Å²) in [5, 5.41) is 11.6. The van der Waals surface area contributed by atoms with E-state index >= 15 is 0 Å². The number of alkyl halides is 3. The maximum atomic E-state index is 13.1. The lowest BCUT2D eigenvalue weighted by Crippen LogP contribution is -2.30. The van der Waals surface area contributed by atoms with E-state index in [0.717, 1.165) is 23.3 Å². The molecule has 0 aliphatic rings. The quantitative estimate of drug-likeness (QED) is 0.885. The van der Waals surface area contributed by atoms with Crippen LogP contribution in [-0.4, -0.2) is 19.5 Å². The summed E-state index contributed by atoms with van der Waals surface area (Å²) in [5.41, 5.74) is 1.36. The number of hydrogen-bond donors (Lipinski definition) is 1. The van der Waals surface area contributed by atoms with Gasteiger partial charge in [0.1, 0.15) is 0 Å². The lowest BCUT2D eigenvalue weighted by Gasteiger charge is -2.21. The molecule has 0 bridgehead atoms. The van der Waals surface area contributed by atoms with Gasteiger partial charge < -0.3 is 10.2 Å². The Morgan fingerprint density at radius 1 is 1.23 bits per heavy atom. The molecule has 136 valence electrons. The van der Waals surface area contributed by atoms with Crippen LogP contribution >= 0.6 is 0 Å². The maximum absolute atomic E-state index is 13.1. The molecule has 2 aromatic rings. The zero-order valence-corrected chi connectivity index (χ0v) is 14.6. The van der Waals surface area contributed by atoms with Gasteiger partial charge in [-0.15, -0.1) is 0 Å². The normalized spacial score (nSPS) is 11.0. The lowest BCUT2D eigenvalue weighted by molar-refractivity contribution is -0.137. The summed E-state index contributed by atoms with van der Waals surface area (Å²) in [6.07, 6.45) is -4.64. The molecule has 0 unspecified atom stereocenters. The fraction of sp³-hybridized carbons (Fsp3) is 0.263. The zero-order valence-electron chi connectivity index (χ0n) is 14.6. The molecule has 0 saturated heterocycles. The smallest absolute Gasteiger partial charge is 0.365 e. The van der Waals surface area contributed by atoms with Crippen molar-refractivity contribution in [3.8, 4) is 6.07 Å². The second kappa shape index (κ2) is 7.48. The molecule has 1 amide bonds. The molecule has 0 fully saturated rings. The molecule has 2 rings (SSSR count). The molecule has 0 aliphatic heterocycles. The first-order chi connectivity index (χ1) is 12.1. The summed E-state index contributed by atoms with van der Waals surface area (Å²) >= 11 is 0. The third kappa shape index (κ3) is 4.33. The number of carbonyl (C=O) groups excluding carboxylic acids is 1. The number of nitrogens with one attached hydrogen (secondary N) is 1. The Morgan fingerprint density at radius 2 is 1.92 bits per heavy atom. The van der Waals surface area contributed by atoms with Crippen LogP contribution < -0.4 is 10.2 Å². The van der Waals surface area contributed by atoms with Gasteiger partial charge in [0.15, 0.2) is 0 Å². The number of carbonyl (C=O) groups is 1. The van der Waals surface area contributed by atoms with Gasteiger partial charge in [-0.2, -0.15) is 18.4 Å². The third-order valence-electron chi connectivity index (χ3n) is 4.13. The van der Waals surface area contributed by atoms with Crippen molar-refractivity contribution < 1.29 is 18.0 Å². The van der Waals surface area contributed by atoms with E-state index in [4.69, 9.17) is 5.26 Å². The van der Waals surface area contributed by atoms with E-state index in [0.29, 0.717) is 5.69 Å². The van der Waals surface area contributed by atoms with Crippen LogP contribution in [0.2, 0.25) is 0 Å². The van der Waals surface area contributed by atoms with Gasteiger partial charge in [-0.1, -0.05) is 12.1 Å². The van der Waals surface area contributed by atoms with Crippen molar-refractivity contribution in [2.45, 2.75) is 20.0 Å². The van der Waals surface area contributed by atoms with Gasteiger partial charge in [0.25, 0.3) is 0 Å². The zero-order chi connectivity index (χ0) is 19.5. The Kier molecular flexibility index (Phi) is 5.56. The van der Waals surface area contributed by atoms with Crippen LogP contribution in [0.1, 0.15) is 22.3 Å². The Balaban J connectivity index is 2.17. The minimum Gasteiger partial charge on any atom is -0.365 e. The predicted molar refractivity (Wildman–Crippen MR) is 94.0 cm³/mol. The highest BCUT2D eigenvalue weighted by molar-refractivity contribution is 5.94. The SMILES string of the molecule is Cc1cccc(NC(=O)CN(C)c2ccc(C#N)c(C(F)(F)F)c2)c1C. The van der Waals surface area contributed by atoms with Crippen molar-refractivity contribution in [2.75, 3.05) is 23.8 Å². The molecular formula is C19H18F3N3O. The van der Waals surface area contributed by atoms with E-state index in [2.05, 4.69) is 5.32 Å². The van der Waals surface area contributed by atoms with E-state index in [1.54, 1.807) is 6.07 Å². The Bertz CT molecular complexity index is 869. The number of nitriles is 1. The van der Waals surface area contributed by atoms with E-state index < -0.39 is 17.3 Å². The number of hydrogen-bond acceptors (Lipinski definition) is 3. The van der Waals surface area contributed by atoms with Crippen LogP contribution in [-0.2, 0) is 11.0 Å². The topological polar surface area (TPSA) is 56.1 Å². The number of likely N-dealkylation sites (N-methyl/N-ethyl adjacent to an activating group) is 1. The lowest BCUT2D eigenvalue weighted by atomic mass is 10.1. The molecule has 0 radical (unpaired) electrons. The monoisotopic (exact) mass is 361 g/mol. The van der Waals surface area contributed by atoms with Gasteiger partial charge in [-0.25, -0.2) is 0 Å². The molecule has 1 N–H and O–H groups in total. The van der Waals surface area contributed by atoms with Crippen molar-refractivity contribution in [3.63, 3.8) is 0 Å². The first-order valence-corrected chi connectivity index (χ1v) is 7.82. The highest BCUT2D eigenvalue weighted by atomic mass is 19.4. The molecule has 0 spiro atoms. The molecule has 7 heteroatoms. The molecule has 4 nitrogen and oxygen atoms in total. The van der Waals surface area contributed by atoms with Gasteiger partial charge in [0.05, 0.1) is 23.7 Å². The fourth-order valence-electron chi connectivity index (χ4n) is 2.48. The summed E-state index contributed by atoms with van der Waals surface area (Å²) in [6, 6.07) is 10.4. The van der Waals surface area contributed by atoms with E-state index in [-0.39, 0.29) is 18.1 Å². The fourth-order valence-corrected chi connectivity index (χ4v) is 2.48. The van der Waals surface area contributed by atoms with Gasteiger partial charge in [-0.3, -0.25) is 4.79 Å². The van der Waals surface area contributed by atoms with Crippen molar-refractivity contribution >= 4 is 17.3 Å². The van der Waals surface area contributed by atoms with Crippen LogP contribution in [0.5, 0.6) is 0 Å². The summed E-state index contributed by atoms with van der Waals surface area (Å²) in [6.45, 7) is 3.67. The molecule has 0 atom stereocenters. The average Bonchev–Trinajstić information content (AvgIpc) is 2.57. The Labute approximate surface area is 149 Å². The molecular weight excluding hydrogens is 343 g/mol. The Morgan fingerprint density at radius 3 is 2.54 bits per heavy atom. The summed E-state index contributed by atoms with van der Waals surface area (Å²) in [5.74, 6) is -0.348. The molecule has 0 heterocycles. The average molecular weight is 361 g/mol. The van der Waals surface area contributed by atoms with E-state index in [1.807, 2.05) is 26.0 Å². The number of nitrogens with zero attached hydrogens (tertiary/aromatic N) is 2. The van der Waals surface area contributed by atoms with E-state index in [1.165, 1.54) is 24.1 Å². The highest BCUT2D eigenvalue weighted by Gasteiger charge is 2.34. The second-order valence-corrected chi connectivity index (χ2v) is 5.99. The second-order valence-electron chi connectivity index (χ2n) is 5.99. The number of rotatable bonds is 4. The van der Waals surface area contributed by atoms with Gasteiger partial charge in [-0.05, 0) is 49.2 Å². The van der Waals surface area contributed by atoms with Crippen LogP contribution in [0.3, 0.4) is 0 Å². The summed E-state index contributed by atoms with van der Waals surface area (Å²) < 4.78 is 39.2. The van der Waals surface area contributed by atoms with Crippen molar-refractivity contribution in [2.24, 2.45) is 0 Å². The predicted octanol–water partition coefficient (Wildman–Crippen LogP) is 4.27. The van der Waals surface area contributed by atoms with Crippen LogP contribution in [0.15, 0.2) is 36.4 Å². The van der Waals surface area contributed by atoms with Gasteiger partial charge in [0.2, 0.25) is 5.91 Å². The number of aryl methyl sites for hydroxylation is 1. The van der Waals surface area contributed by atoms with Crippen LogP contribution in [0.25, 0.3) is 0 Å². The first-order valence-electron chi connectivity index (χ1n) is 7.82. The molecule has 0 aliphatic carbocycles. The number of benzene rings is 2. The molecule has 26 heavy (non-hydrogen) atoms. The number of halogens is 3. The highest BCUT2D eigenvalue weighted by Crippen LogP contribution is 2.34. The molecule has 2 aromatic carbocycles. The minimum atomic E-state index is -4.64. The van der Waals surface area contributed by atoms with Crippen molar-refractivity contribution in [1.29, 1.82) is 5.26 Å². The first kappa shape index (κ1) is 19.3. The molecule has 0 saturated carbocycles. The number of anilines is 2. The van der Waals surface area contributed by atoms with Crippen LogP contribution in [0.4, 0.5) is 24.5 Å². The van der Waals surface area contributed by atoms with Gasteiger partial charge >= 0.3 is 6.18 Å². The van der Waals surface area contributed by atoms with Crippen molar-refractivity contribution in [3.05, 3.63) is 58.7 Å². The summed E-state index contributed by atoms with van der Waals surface area (Å²) in [4.78, 5) is 13.6. The standard InChI is InChI=1S/C19H18F3N3O/c1-12-5-4-6-17(13(12)2)24-18(26)11-25(3)15-8-7-14(10-23)16(9-15)19(20,21)22/h4-9H,11H2,1-3H3,(H,24,26).